The van der Waals surface area contributed by atoms with Crippen LogP contribution in [0.3, 0.4) is 0 Å². The molecule has 3 rings (SSSR count). The molecule has 0 aliphatic carbocycles. The van der Waals surface area contributed by atoms with Crippen LogP contribution in [0.4, 0.5) is 0 Å². The number of hydrogen-bond donors (Lipinski definition) is 4. The first-order valence-corrected chi connectivity index (χ1v) is 6.65. The van der Waals surface area contributed by atoms with E-state index in [1.165, 1.54) is 0 Å². The molecule has 20 heavy (non-hydrogen) atoms. The monoisotopic (exact) mass is 282 g/mol. The number of amides is 3. The van der Waals surface area contributed by atoms with Crippen LogP contribution in [-0.2, 0) is 19.1 Å². The molecular formula is C12H18N4O4. The molecule has 3 amide bonds. The van der Waals surface area contributed by atoms with Crippen LogP contribution in [0.1, 0.15) is 26.7 Å². The zero-order chi connectivity index (χ0) is 14.5. The molecule has 8 heteroatoms. The summed E-state index contributed by atoms with van der Waals surface area (Å²) in [7, 11) is 0. The van der Waals surface area contributed by atoms with Gasteiger partial charge in [-0.2, -0.15) is 0 Å². The molecule has 8 nitrogen and oxygen atoms in total. The van der Waals surface area contributed by atoms with Crippen molar-refractivity contribution in [3.8, 4) is 0 Å². The second-order valence-corrected chi connectivity index (χ2v) is 6.24. The summed E-state index contributed by atoms with van der Waals surface area (Å²) in [6.45, 7) is 4.33. The fourth-order valence-electron chi connectivity index (χ4n) is 3.54. The topological polar surface area (TPSA) is 109 Å². The zero-order valence-electron chi connectivity index (χ0n) is 11.4. The Labute approximate surface area is 115 Å². The molecular weight excluding hydrogens is 264 g/mol. The lowest BCUT2D eigenvalue weighted by Crippen LogP contribution is -2.77. The first-order chi connectivity index (χ1) is 9.35. The van der Waals surface area contributed by atoms with Crippen LogP contribution in [0.25, 0.3) is 0 Å². The summed E-state index contributed by atoms with van der Waals surface area (Å²) in [6.07, 6.45) is 1.08. The third kappa shape index (κ3) is 1.87. The van der Waals surface area contributed by atoms with E-state index in [0.29, 0.717) is 19.4 Å². The van der Waals surface area contributed by atoms with E-state index in [9.17, 15) is 14.4 Å². The number of rotatable bonds is 0. The van der Waals surface area contributed by atoms with E-state index in [-0.39, 0.29) is 5.91 Å². The molecule has 4 N–H and O–H groups in total. The van der Waals surface area contributed by atoms with Gasteiger partial charge in [-0.05, 0) is 26.7 Å². The minimum absolute atomic E-state index is 0.338. The van der Waals surface area contributed by atoms with Gasteiger partial charge in [0, 0.05) is 6.61 Å². The van der Waals surface area contributed by atoms with E-state index in [1.807, 2.05) is 13.8 Å². The first kappa shape index (κ1) is 13.3. The highest BCUT2D eigenvalue weighted by atomic mass is 16.5. The van der Waals surface area contributed by atoms with E-state index in [2.05, 4.69) is 21.7 Å². The van der Waals surface area contributed by atoms with Crippen molar-refractivity contribution in [1.29, 1.82) is 0 Å². The summed E-state index contributed by atoms with van der Waals surface area (Å²) in [5.41, 5.74) is 9.02. The Morgan fingerprint density at radius 2 is 1.70 bits per heavy atom. The predicted octanol–water partition coefficient (Wildman–Crippen LogP) is -1.66. The van der Waals surface area contributed by atoms with Crippen molar-refractivity contribution in [1.82, 2.24) is 21.7 Å². The average Bonchev–Trinajstić information content (AvgIpc) is 2.36. The fraction of sp³-hybridized carbons (Fsp3) is 0.750. The van der Waals surface area contributed by atoms with Crippen LogP contribution in [0.15, 0.2) is 0 Å². The molecule has 1 spiro atoms. The Morgan fingerprint density at radius 3 is 2.40 bits per heavy atom. The Balaban J connectivity index is 2.00. The summed E-state index contributed by atoms with van der Waals surface area (Å²) in [4.78, 5) is 36.1. The molecule has 3 heterocycles. The van der Waals surface area contributed by atoms with Gasteiger partial charge in [0.05, 0.1) is 17.1 Å². The third-order valence-corrected chi connectivity index (χ3v) is 4.30. The number of carbonyl (C=O) groups is 3. The van der Waals surface area contributed by atoms with Crippen LogP contribution in [-0.4, -0.2) is 35.5 Å². The minimum Gasteiger partial charge on any atom is -0.375 e. The van der Waals surface area contributed by atoms with Crippen molar-refractivity contribution in [2.45, 2.75) is 37.8 Å². The van der Waals surface area contributed by atoms with Gasteiger partial charge in [-0.25, -0.2) is 5.43 Å². The smallest absolute Gasteiger partial charge is 0.251 e. The number of carbonyl (C=O) groups excluding carboxylic acids is 3. The quantitative estimate of drug-likeness (QED) is 0.398. The number of nitrogens with one attached hydrogen (secondary N) is 4. The van der Waals surface area contributed by atoms with Gasteiger partial charge < -0.3 is 4.74 Å². The fourth-order valence-corrected chi connectivity index (χ4v) is 3.54. The zero-order valence-corrected chi connectivity index (χ0v) is 11.4. The lowest BCUT2D eigenvalue weighted by atomic mass is 9.65. The molecule has 0 radical (unpaired) electrons. The molecule has 0 aromatic carbocycles. The van der Waals surface area contributed by atoms with Crippen LogP contribution in [0, 0.1) is 11.8 Å². The van der Waals surface area contributed by atoms with Crippen LogP contribution in [0.2, 0.25) is 0 Å². The molecule has 3 saturated heterocycles. The number of hydrazine groups is 2. The van der Waals surface area contributed by atoms with Gasteiger partial charge in [-0.15, -0.1) is 0 Å². The lowest BCUT2D eigenvalue weighted by molar-refractivity contribution is -0.169. The van der Waals surface area contributed by atoms with E-state index in [1.54, 1.807) is 0 Å². The maximum atomic E-state index is 12.2. The van der Waals surface area contributed by atoms with Crippen molar-refractivity contribution >= 4 is 17.7 Å². The Kier molecular flexibility index (Phi) is 2.77. The van der Waals surface area contributed by atoms with E-state index >= 15 is 0 Å². The normalized spacial score (nSPS) is 39.6. The predicted molar refractivity (Wildman–Crippen MR) is 66.5 cm³/mol. The molecule has 0 bridgehead atoms. The highest BCUT2D eigenvalue weighted by Crippen LogP contribution is 2.42. The summed E-state index contributed by atoms with van der Waals surface area (Å²) in [5, 5.41) is 0. The second kappa shape index (κ2) is 4.16. The van der Waals surface area contributed by atoms with Gasteiger partial charge in [0.1, 0.15) is 5.92 Å². The summed E-state index contributed by atoms with van der Waals surface area (Å²) < 4.78 is 5.68. The maximum Gasteiger partial charge on any atom is 0.251 e. The molecule has 0 aromatic rings. The SMILES string of the molecule is CC1(C)C[C@]2(CCO1)NNC(=O)[C@@H]1C(=O)NNC(=O)[C@@H]12. The molecule has 0 unspecified atom stereocenters. The van der Waals surface area contributed by atoms with Crippen molar-refractivity contribution in [2.75, 3.05) is 6.61 Å². The standard InChI is InChI=1S/C12H18N4O4/c1-11(2)5-12(3-4-20-11)7-6(9(18)15-16-12)8(17)13-14-10(7)19/h6-7,16H,3-5H2,1-2H3,(H,13,17)(H,14,19)(H,15,18)/t6-,7+,12-/m0/s1. The third-order valence-electron chi connectivity index (χ3n) is 4.30. The van der Waals surface area contributed by atoms with Crippen molar-refractivity contribution < 1.29 is 19.1 Å². The van der Waals surface area contributed by atoms with Crippen molar-refractivity contribution in [3.05, 3.63) is 0 Å². The second-order valence-electron chi connectivity index (χ2n) is 6.24. The van der Waals surface area contributed by atoms with Gasteiger partial charge in [0.25, 0.3) is 5.91 Å². The Bertz CT molecular complexity index is 484. The Hall–Kier alpha value is -1.67. The molecule has 0 aromatic heterocycles. The van der Waals surface area contributed by atoms with Crippen LogP contribution < -0.4 is 21.7 Å². The van der Waals surface area contributed by atoms with Gasteiger partial charge in [-0.3, -0.25) is 30.7 Å². The highest BCUT2D eigenvalue weighted by Gasteiger charge is 2.59. The molecule has 3 atom stereocenters. The number of ether oxygens (including phenoxy) is 1. The van der Waals surface area contributed by atoms with Crippen LogP contribution in [0.5, 0.6) is 0 Å². The molecule has 110 valence electrons. The van der Waals surface area contributed by atoms with Crippen LogP contribution >= 0.6 is 0 Å². The van der Waals surface area contributed by atoms with Crippen molar-refractivity contribution in [3.63, 3.8) is 0 Å². The van der Waals surface area contributed by atoms with Gasteiger partial charge in [-0.1, -0.05) is 0 Å². The van der Waals surface area contributed by atoms with Gasteiger partial charge in [0.15, 0.2) is 0 Å². The Morgan fingerprint density at radius 1 is 1.05 bits per heavy atom. The van der Waals surface area contributed by atoms with E-state index in [4.69, 9.17) is 4.74 Å². The summed E-state index contributed by atoms with van der Waals surface area (Å²) in [6, 6.07) is 0. The maximum absolute atomic E-state index is 12.2. The largest absolute Gasteiger partial charge is 0.375 e. The number of fused-ring (bicyclic) bond motifs is 2. The average molecular weight is 282 g/mol. The summed E-state index contributed by atoms with van der Waals surface area (Å²) in [5.74, 6) is -3.02. The molecule has 3 aliphatic heterocycles. The highest BCUT2D eigenvalue weighted by molar-refractivity contribution is 6.08. The molecule has 3 aliphatic rings. The lowest BCUT2D eigenvalue weighted by Gasteiger charge is -2.53. The van der Waals surface area contributed by atoms with Gasteiger partial charge >= 0.3 is 0 Å². The van der Waals surface area contributed by atoms with Crippen molar-refractivity contribution in [2.24, 2.45) is 11.8 Å². The van der Waals surface area contributed by atoms with E-state index < -0.39 is 34.8 Å². The van der Waals surface area contributed by atoms with Gasteiger partial charge in [0.2, 0.25) is 11.8 Å². The first-order valence-electron chi connectivity index (χ1n) is 6.65. The van der Waals surface area contributed by atoms with E-state index in [0.717, 1.165) is 0 Å². The molecule has 0 saturated carbocycles. The number of hydrogen-bond acceptors (Lipinski definition) is 5. The summed E-state index contributed by atoms with van der Waals surface area (Å²) >= 11 is 0. The molecule has 3 fully saturated rings. The minimum atomic E-state index is -1.00.